The second kappa shape index (κ2) is 10.2. The molecule has 3 saturated heterocycles. The van der Waals surface area contributed by atoms with Crippen LogP contribution in [0.2, 0.25) is 0 Å². The zero-order valence-corrected chi connectivity index (χ0v) is 21.8. The van der Waals surface area contributed by atoms with E-state index in [0.29, 0.717) is 11.8 Å². The summed E-state index contributed by atoms with van der Waals surface area (Å²) in [5.41, 5.74) is 0.0257. The van der Waals surface area contributed by atoms with Crippen molar-refractivity contribution in [2.45, 2.75) is 31.1 Å². The number of ether oxygens (including phenoxy) is 1. The van der Waals surface area contributed by atoms with Crippen LogP contribution in [0.15, 0.2) is 102 Å². The van der Waals surface area contributed by atoms with Crippen LogP contribution in [0.4, 0.5) is 0 Å². The van der Waals surface area contributed by atoms with Crippen molar-refractivity contribution in [2.75, 3.05) is 19.6 Å². The number of aromatic nitrogens is 1. The third kappa shape index (κ3) is 4.61. The first-order chi connectivity index (χ1) is 17.1. The Bertz CT molecular complexity index is 1220. The Morgan fingerprint density at radius 3 is 2.00 bits per heavy atom. The van der Waals surface area contributed by atoms with E-state index in [1.165, 1.54) is 0 Å². The molecule has 0 saturated carbocycles. The predicted molar refractivity (Wildman–Crippen MR) is 134 cm³/mol. The number of piperidine rings is 3. The molecule has 0 aliphatic carbocycles. The van der Waals surface area contributed by atoms with Crippen molar-refractivity contribution in [3.63, 3.8) is 0 Å². The van der Waals surface area contributed by atoms with Crippen LogP contribution in [0.5, 0.6) is 5.75 Å². The molecule has 6 heteroatoms. The summed E-state index contributed by atoms with van der Waals surface area (Å²) in [7, 11) is 0. The maximum Gasteiger partial charge on any atom is 0.236 e. The molecule has 5 nitrogen and oxygen atoms in total. The van der Waals surface area contributed by atoms with Crippen molar-refractivity contribution in [1.82, 2.24) is 4.98 Å². The molecule has 0 radical (unpaired) electrons. The molecule has 36 heavy (non-hydrogen) atoms. The Hall–Kier alpha value is -2.93. The lowest BCUT2D eigenvalue weighted by Crippen LogP contribution is -3.00. The molecule has 1 atom stereocenters. The van der Waals surface area contributed by atoms with Gasteiger partial charge in [-0.25, -0.2) is 4.98 Å². The largest absolute Gasteiger partial charge is 1.00 e. The van der Waals surface area contributed by atoms with Crippen molar-refractivity contribution in [1.29, 1.82) is 0 Å². The standard InChI is InChI=1S/C30H31N2O3.BrH/c33-30(24-10-4-1-5-11-24,25-12-6-2-7-13-25)29-31-20-27(35-29)21-32-18-16-23(17-19-32)28(22-32)34-26-14-8-3-9-15-26;/h1-15,20,23,28,33H,16-19,21-22H2;1H/q+1;/p-1. The minimum Gasteiger partial charge on any atom is -1.00 e. The van der Waals surface area contributed by atoms with Gasteiger partial charge in [-0.1, -0.05) is 78.9 Å². The van der Waals surface area contributed by atoms with Crippen LogP contribution >= 0.6 is 0 Å². The first kappa shape index (κ1) is 24.8. The molecule has 0 amide bonds. The summed E-state index contributed by atoms with van der Waals surface area (Å²) in [6, 6.07) is 29.4. The van der Waals surface area contributed by atoms with Crippen molar-refractivity contribution in [3.05, 3.63) is 120 Å². The van der Waals surface area contributed by atoms with E-state index >= 15 is 0 Å². The average molecular weight is 547 g/mol. The van der Waals surface area contributed by atoms with E-state index in [1.54, 1.807) is 6.20 Å². The number of nitrogens with zero attached hydrogens (tertiary/aromatic N) is 2. The van der Waals surface area contributed by atoms with Gasteiger partial charge in [0.25, 0.3) is 0 Å². The van der Waals surface area contributed by atoms with E-state index in [9.17, 15) is 5.11 Å². The van der Waals surface area contributed by atoms with E-state index in [1.807, 2.05) is 91.0 Å². The lowest BCUT2D eigenvalue weighted by atomic mass is 9.83. The Kier molecular flexibility index (Phi) is 7.02. The summed E-state index contributed by atoms with van der Waals surface area (Å²) in [5.74, 6) is 2.68. The Balaban J connectivity index is 0.00000267. The summed E-state index contributed by atoms with van der Waals surface area (Å²) in [5, 5.41) is 12.0. The number of hydrogen-bond donors (Lipinski definition) is 1. The van der Waals surface area contributed by atoms with Gasteiger partial charge in [0, 0.05) is 18.8 Å². The number of fused-ring (bicyclic) bond motifs is 3. The van der Waals surface area contributed by atoms with Crippen LogP contribution in [0.3, 0.4) is 0 Å². The normalized spacial score (nSPS) is 23.1. The molecule has 3 aliphatic rings. The molecule has 4 heterocycles. The van der Waals surface area contributed by atoms with Crippen molar-refractivity contribution < 1.29 is 35.7 Å². The Labute approximate surface area is 222 Å². The highest BCUT2D eigenvalue weighted by atomic mass is 79.9. The van der Waals surface area contributed by atoms with Gasteiger partial charge in [0.1, 0.15) is 18.8 Å². The van der Waals surface area contributed by atoms with Gasteiger partial charge < -0.3 is 35.7 Å². The number of rotatable bonds is 7. The first-order valence-corrected chi connectivity index (χ1v) is 12.5. The van der Waals surface area contributed by atoms with Crippen LogP contribution in [0, 0.1) is 5.92 Å². The lowest BCUT2D eigenvalue weighted by Gasteiger charge is -2.51. The van der Waals surface area contributed by atoms with E-state index < -0.39 is 5.60 Å². The third-order valence-electron chi connectivity index (χ3n) is 7.81. The average Bonchev–Trinajstić information content (AvgIpc) is 3.39. The molecule has 3 fully saturated rings. The number of benzene rings is 3. The second-order valence-corrected chi connectivity index (χ2v) is 10.0. The van der Waals surface area contributed by atoms with Gasteiger partial charge in [0.05, 0.1) is 19.3 Å². The number of oxazole rings is 1. The van der Waals surface area contributed by atoms with Gasteiger partial charge >= 0.3 is 0 Å². The van der Waals surface area contributed by atoms with Gasteiger partial charge in [0.2, 0.25) is 5.89 Å². The molecule has 1 N–H and O–H groups in total. The predicted octanol–water partition coefficient (Wildman–Crippen LogP) is 2.15. The molecule has 4 aromatic rings. The molecule has 186 valence electrons. The van der Waals surface area contributed by atoms with E-state index in [2.05, 4.69) is 4.98 Å². The quantitative estimate of drug-likeness (QED) is 0.361. The SMILES string of the molecule is OC(c1ccccc1)(c1ccccc1)c1ncc(C[N+]23CCC(CC2)C(Oc2ccccc2)C3)o1.[Br-]. The van der Waals surface area contributed by atoms with Gasteiger partial charge in [-0.15, -0.1) is 0 Å². The van der Waals surface area contributed by atoms with E-state index in [0.717, 1.165) is 66.1 Å². The molecule has 2 bridgehead atoms. The highest BCUT2D eigenvalue weighted by Crippen LogP contribution is 2.39. The van der Waals surface area contributed by atoms with Gasteiger partial charge in [-0.2, -0.15) is 0 Å². The highest BCUT2D eigenvalue weighted by Gasteiger charge is 2.48. The van der Waals surface area contributed by atoms with E-state index in [4.69, 9.17) is 9.15 Å². The monoisotopic (exact) mass is 546 g/mol. The van der Waals surface area contributed by atoms with Crippen LogP contribution in [0.1, 0.15) is 35.6 Å². The maximum absolute atomic E-state index is 12.0. The van der Waals surface area contributed by atoms with Gasteiger partial charge in [-0.05, 0) is 23.3 Å². The molecule has 1 aromatic heterocycles. The molecule has 7 rings (SSSR count). The summed E-state index contributed by atoms with van der Waals surface area (Å²) < 4.78 is 13.7. The highest BCUT2D eigenvalue weighted by molar-refractivity contribution is 5.41. The molecule has 3 aromatic carbocycles. The maximum atomic E-state index is 12.0. The topological polar surface area (TPSA) is 55.5 Å². The number of hydrogen-bond acceptors (Lipinski definition) is 4. The molecule has 3 aliphatic heterocycles. The minimum absolute atomic E-state index is 0. The summed E-state index contributed by atoms with van der Waals surface area (Å²) >= 11 is 0. The Morgan fingerprint density at radius 1 is 0.861 bits per heavy atom. The van der Waals surface area contributed by atoms with Crippen molar-refractivity contribution in [2.24, 2.45) is 5.92 Å². The lowest BCUT2D eigenvalue weighted by molar-refractivity contribution is -0.958. The molecule has 0 spiro atoms. The zero-order valence-electron chi connectivity index (χ0n) is 20.2. The fraction of sp³-hybridized carbons (Fsp3) is 0.300. The van der Waals surface area contributed by atoms with E-state index in [-0.39, 0.29) is 23.1 Å². The Morgan fingerprint density at radius 2 is 1.42 bits per heavy atom. The van der Waals surface area contributed by atoms with Crippen LogP contribution in [-0.4, -0.2) is 40.3 Å². The minimum atomic E-state index is -1.45. The third-order valence-corrected chi connectivity index (χ3v) is 7.81. The molecular weight excluding hydrogens is 516 g/mol. The van der Waals surface area contributed by atoms with Crippen LogP contribution in [-0.2, 0) is 12.1 Å². The van der Waals surface area contributed by atoms with Crippen molar-refractivity contribution in [3.8, 4) is 5.75 Å². The van der Waals surface area contributed by atoms with Crippen molar-refractivity contribution >= 4 is 0 Å². The summed E-state index contributed by atoms with van der Waals surface area (Å²) in [6.07, 6.45) is 4.34. The summed E-state index contributed by atoms with van der Waals surface area (Å²) in [4.78, 5) is 4.61. The number of para-hydroxylation sites is 1. The fourth-order valence-electron chi connectivity index (χ4n) is 5.90. The zero-order chi connectivity index (χ0) is 23.7. The molecular formula is C30H31BrN2O3. The first-order valence-electron chi connectivity index (χ1n) is 12.5. The van der Waals surface area contributed by atoms with Gasteiger partial charge in [-0.3, -0.25) is 0 Å². The second-order valence-electron chi connectivity index (χ2n) is 10.0. The number of aliphatic hydroxyl groups is 1. The fourth-order valence-corrected chi connectivity index (χ4v) is 5.90. The number of halogens is 1. The molecule has 1 unspecified atom stereocenters. The smallest absolute Gasteiger partial charge is 0.236 e. The summed E-state index contributed by atoms with van der Waals surface area (Å²) in [6.45, 7) is 3.97. The number of quaternary nitrogens is 1. The van der Waals surface area contributed by atoms with Gasteiger partial charge in [0.15, 0.2) is 17.5 Å². The van der Waals surface area contributed by atoms with Crippen LogP contribution in [0.25, 0.3) is 0 Å². The van der Waals surface area contributed by atoms with Crippen LogP contribution < -0.4 is 21.7 Å².